The Morgan fingerprint density at radius 2 is 1.44 bits per heavy atom. The zero-order valence-electron chi connectivity index (χ0n) is 11.3. The number of allylic oxidation sites excluding steroid dienone is 2. The highest BCUT2D eigenvalue weighted by molar-refractivity contribution is 5.03. The molecule has 0 aromatic heterocycles. The fourth-order valence-electron chi connectivity index (χ4n) is 2.62. The van der Waals surface area contributed by atoms with E-state index in [4.69, 9.17) is 0 Å². The fraction of sp³-hybridized carbons (Fsp3) is 0.875. The minimum Gasteiger partial charge on any atom is -0.0853 e. The standard InChI is InChI=1S/C16H30/c1-2-3-4-5-6-7-8-10-13-16-14-11-9-12-15-16/h13H,2-12,14-15H2,1H3. The molecule has 1 aliphatic carbocycles. The van der Waals surface area contributed by atoms with E-state index in [1.165, 1.54) is 83.5 Å². The first-order chi connectivity index (χ1) is 7.93. The highest BCUT2D eigenvalue weighted by atomic mass is 14.1. The number of hydrogen-bond donors (Lipinski definition) is 0. The summed E-state index contributed by atoms with van der Waals surface area (Å²) in [7, 11) is 0. The summed E-state index contributed by atoms with van der Waals surface area (Å²) in [5.41, 5.74) is 1.76. The van der Waals surface area contributed by atoms with Crippen molar-refractivity contribution >= 4 is 0 Å². The van der Waals surface area contributed by atoms with Gasteiger partial charge in [0, 0.05) is 0 Å². The third-order valence-electron chi connectivity index (χ3n) is 3.74. The van der Waals surface area contributed by atoms with Gasteiger partial charge in [0.2, 0.25) is 0 Å². The summed E-state index contributed by atoms with van der Waals surface area (Å²) in [6.07, 6.45) is 21.1. The highest BCUT2D eigenvalue weighted by Gasteiger charge is 2.03. The molecule has 0 aromatic carbocycles. The molecular formula is C16H30. The highest BCUT2D eigenvalue weighted by Crippen LogP contribution is 2.23. The first-order valence-corrected chi connectivity index (χ1v) is 7.61. The molecule has 0 heterocycles. The fourth-order valence-corrected chi connectivity index (χ4v) is 2.62. The van der Waals surface area contributed by atoms with Gasteiger partial charge in [-0.3, -0.25) is 0 Å². The lowest BCUT2D eigenvalue weighted by Gasteiger charge is -2.13. The van der Waals surface area contributed by atoms with Crippen molar-refractivity contribution in [2.24, 2.45) is 0 Å². The Balaban J connectivity index is 1.87. The van der Waals surface area contributed by atoms with Gasteiger partial charge in [0.15, 0.2) is 0 Å². The zero-order valence-corrected chi connectivity index (χ0v) is 11.3. The van der Waals surface area contributed by atoms with Crippen LogP contribution in [-0.2, 0) is 0 Å². The molecule has 0 amide bonds. The molecule has 0 radical (unpaired) electrons. The SMILES string of the molecule is CCCCCCCCCC=C1CCCCC1. The van der Waals surface area contributed by atoms with Crippen LogP contribution in [0, 0.1) is 0 Å². The van der Waals surface area contributed by atoms with E-state index >= 15 is 0 Å². The Bertz CT molecular complexity index is 170. The lowest BCUT2D eigenvalue weighted by atomic mass is 9.94. The van der Waals surface area contributed by atoms with Crippen molar-refractivity contribution in [3.05, 3.63) is 11.6 Å². The second-order valence-corrected chi connectivity index (χ2v) is 5.33. The molecule has 0 aliphatic heterocycles. The van der Waals surface area contributed by atoms with Crippen LogP contribution in [0.4, 0.5) is 0 Å². The molecule has 0 bridgehead atoms. The van der Waals surface area contributed by atoms with Crippen LogP contribution in [-0.4, -0.2) is 0 Å². The lowest BCUT2D eigenvalue weighted by molar-refractivity contribution is 0.581. The van der Waals surface area contributed by atoms with Gasteiger partial charge >= 0.3 is 0 Å². The molecule has 0 saturated heterocycles. The molecule has 0 atom stereocenters. The maximum absolute atomic E-state index is 2.55. The lowest BCUT2D eigenvalue weighted by Crippen LogP contribution is -1.93. The van der Waals surface area contributed by atoms with Crippen LogP contribution in [0.1, 0.15) is 90.4 Å². The van der Waals surface area contributed by atoms with E-state index in [9.17, 15) is 0 Å². The van der Waals surface area contributed by atoms with Crippen molar-refractivity contribution in [2.75, 3.05) is 0 Å². The zero-order chi connectivity index (χ0) is 11.5. The average molecular weight is 222 g/mol. The summed E-state index contributed by atoms with van der Waals surface area (Å²) in [6, 6.07) is 0. The molecule has 0 aromatic rings. The van der Waals surface area contributed by atoms with Gasteiger partial charge in [-0.05, 0) is 38.5 Å². The summed E-state index contributed by atoms with van der Waals surface area (Å²) in [6.45, 7) is 2.29. The number of hydrogen-bond acceptors (Lipinski definition) is 0. The Kier molecular flexibility index (Phi) is 8.57. The summed E-state index contributed by atoms with van der Waals surface area (Å²) < 4.78 is 0. The van der Waals surface area contributed by atoms with Crippen molar-refractivity contribution in [3.63, 3.8) is 0 Å². The normalized spacial score (nSPS) is 16.4. The van der Waals surface area contributed by atoms with Crippen molar-refractivity contribution in [1.29, 1.82) is 0 Å². The van der Waals surface area contributed by atoms with Gasteiger partial charge in [0.1, 0.15) is 0 Å². The van der Waals surface area contributed by atoms with Crippen molar-refractivity contribution in [2.45, 2.75) is 90.4 Å². The summed E-state index contributed by atoms with van der Waals surface area (Å²) in [5, 5.41) is 0. The van der Waals surface area contributed by atoms with Gasteiger partial charge in [-0.15, -0.1) is 0 Å². The monoisotopic (exact) mass is 222 g/mol. The predicted molar refractivity (Wildman–Crippen MR) is 73.8 cm³/mol. The van der Waals surface area contributed by atoms with Crippen LogP contribution in [0.15, 0.2) is 11.6 Å². The average Bonchev–Trinajstić information content (AvgIpc) is 2.34. The molecule has 1 aliphatic rings. The second kappa shape index (κ2) is 9.93. The second-order valence-electron chi connectivity index (χ2n) is 5.33. The number of unbranched alkanes of at least 4 members (excludes halogenated alkanes) is 7. The van der Waals surface area contributed by atoms with Gasteiger partial charge in [0.05, 0.1) is 0 Å². The van der Waals surface area contributed by atoms with E-state index in [0.29, 0.717) is 0 Å². The minimum atomic E-state index is 1.35. The van der Waals surface area contributed by atoms with Gasteiger partial charge in [-0.2, -0.15) is 0 Å². The van der Waals surface area contributed by atoms with Gasteiger partial charge < -0.3 is 0 Å². The Hall–Kier alpha value is -0.260. The summed E-state index contributed by atoms with van der Waals surface area (Å²) in [5.74, 6) is 0. The van der Waals surface area contributed by atoms with Gasteiger partial charge in [-0.25, -0.2) is 0 Å². The van der Waals surface area contributed by atoms with E-state index in [2.05, 4.69) is 13.0 Å². The predicted octanol–water partition coefficient (Wildman–Crippen LogP) is 6.02. The summed E-state index contributed by atoms with van der Waals surface area (Å²) in [4.78, 5) is 0. The van der Waals surface area contributed by atoms with Crippen LogP contribution >= 0.6 is 0 Å². The molecule has 1 rings (SSSR count). The molecule has 1 saturated carbocycles. The Morgan fingerprint density at radius 3 is 2.12 bits per heavy atom. The van der Waals surface area contributed by atoms with Crippen LogP contribution in [0.5, 0.6) is 0 Å². The molecule has 1 fully saturated rings. The van der Waals surface area contributed by atoms with Gasteiger partial charge in [-0.1, -0.05) is 63.5 Å². The van der Waals surface area contributed by atoms with Crippen molar-refractivity contribution in [1.82, 2.24) is 0 Å². The van der Waals surface area contributed by atoms with E-state index in [-0.39, 0.29) is 0 Å². The van der Waals surface area contributed by atoms with Crippen LogP contribution in [0.25, 0.3) is 0 Å². The topological polar surface area (TPSA) is 0 Å². The molecule has 0 nitrogen and oxygen atoms in total. The molecule has 16 heavy (non-hydrogen) atoms. The first-order valence-electron chi connectivity index (χ1n) is 7.61. The molecule has 0 unspecified atom stereocenters. The third kappa shape index (κ3) is 7.09. The number of rotatable bonds is 8. The Morgan fingerprint density at radius 1 is 0.812 bits per heavy atom. The molecular weight excluding hydrogens is 192 g/mol. The largest absolute Gasteiger partial charge is 0.0853 e. The van der Waals surface area contributed by atoms with Crippen LogP contribution < -0.4 is 0 Å². The van der Waals surface area contributed by atoms with Gasteiger partial charge in [0.25, 0.3) is 0 Å². The maximum Gasteiger partial charge on any atom is -0.0320 e. The minimum absolute atomic E-state index is 1.35. The molecule has 0 N–H and O–H groups in total. The smallest absolute Gasteiger partial charge is 0.0320 e. The van der Waals surface area contributed by atoms with E-state index in [1.54, 1.807) is 5.57 Å². The van der Waals surface area contributed by atoms with E-state index in [0.717, 1.165) is 0 Å². The van der Waals surface area contributed by atoms with Crippen molar-refractivity contribution in [3.8, 4) is 0 Å². The van der Waals surface area contributed by atoms with E-state index in [1.807, 2.05) is 0 Å². The maximum atomic E-state index is 2.55. The molecule has 0 spiro atoms. The van der Waals surface area contributed by atoms with Crippen LogP contribution in [0.2, 0.25) is 0 Å². The van der Waals surface area contributed by atoms with Crippen LogP contribution in [0.3, 0.4) is 0 Å². The molecule has 94 valence electrons. The molecule has 0 heteroatoms. The van der Waals surface area contributed by atoms with Crippen molar-refractivity contribution < 1.29 is 0 Å². The first kappa shape index (κ1) is 13.8. The third-order valence-corrected chi connectivity index (χ3v) is 3.74. The Labute approximate surface area is 103 Å². The summed E-state index contributed by atoms with van der Waals surface area (Å²) >= 11 is 0. The van der Waals surface area contributed by atoms with E-state index < -0.39 is 0 Å². The quantitative estimate of drug-likeness (QED) is 0.348.